The lowest BCUT2D eigenvalue weighted by atomic mass is 9.92. The van der Waals surface area contributed by atoms with Crippen LogP contribution < -0.4 is 9.50 Å². The maximum absolute atomic E-state index is 12.7. The third-order valence-corrected chi connectivity index (χ3v) is 8.69. The van der Waals surface area contributed by atoms with E-state index in [2.05, 4.69) is 34.6 Å². The second-order valence-corrected chi connectivity index (χ2v) is 11.0. The van der Waals surface area contributed by atoms with Crippen molar-refractivity contribution in [3.63, 3.8) is 0 Å². The normalized spacial score (nSPS) is 11.7. The molecule has 3 aromatic heterocycles. The van der Waals surface area contributed by atoms with Crippen molar-refractivity contribution >= 4 is 49.1 Å². The molecule has 178 valence electrons. The molecule has 0 atom stereocenters. The van der Waals surface area contributed by atoms with Gasteiger partial charge in [0.25, 0.3) is 0 Å². The van der Waals surface area contributed by atoms with E-state index in [4.69, 9.17) is 9.17 Å². The summed E-state index contributed by atoms with van der Waals surface area (Å²) in [4.78, 5) is 8.12. The molecule has 36 heavy (non-hydrogen) atoms. The van der Waals surface area contributed by atoms with Gasteiger partial charge in [-0.25, -0.2) is 4.98 Å². The van der Waals surface area contributed by atoms with Crippen LogP contribution in [0.1, 0.15) is 0 Å². The van der Waals surface area contributed by atoms with Gasteiger partial charge in [-0.3, -0.25) is 0 Å². The molecule has 0 fully saturated rings. The molecule has 6 aromatic rings. The van der Waals surface area contributed by atoms with Gasteiger partial charge in [-0.05, 0) is 52.9 Å². The summed E-state index contributed by atoms with van der Waals surface area (Å²) < 4.78 is 31.2. The first-order chi connectivity index (χ1) is 17.5. The predicted octanol–water partition coefficient (Wildman–Crippen LogP) is 6.92. The Kier molecular flexibility index (Phi) is 5.47. The molecule has 0 amide bonds. The topological polar surface area (TPSA) is 84.1 Å². The number of thiophene rings is 1. The highest BCUT2D eigenvalue weighted by atomic mass is 32.3. The van der Waals surface area contributed by atoms with Crippen molar-refractivity contribution in [3.8, 4) is 28.0 Å². The van der Waals surface area contributed by atoms with Gasteiger partial charge in [-0.15, -0.1) is 11.3 Å². The van der Waals surface area contributed by atoms with Gasteiger partial charge in [0.2, 0.25) is 0 Å². The molecule has 6 rings (SSSR count). The Morgan fingerprint density at radius 3 is 2.44 bits per heavy atom. The Morgan fingerprint density at radius 1 is 0.917 bits per heavy atom. The average molecular weight is 512 g/mol. The largest absolute Gasteiger partial charge is 0.388 e. The minimum absolute atomic E-state index is 0.167. The van der Waals surface area contributed by atoms with E-state index in [1.165, 1.54) is 6.07 Å². The zero-order valence-corrected chi connectivity index (χ0v) is 20.9. The van der Waals surface area contributed by atoms with E-state index < -0.39 is 10.1 Å². The first-order valence-corrected chi connectivity index (χ1v) is 13.6. The highest BCUT2D eigenvalue weighted by Crippen LogP contribution is 2.41. The van der Waals surface area contributed by atoms with Crippen LogP contribution in [0.2, 0.25) is 0 Å². The highest BCUT2D eigenvalue weighted by Gasteiger charge is 2.21. The molecule has 0 saturated heterocycles. The minimum Gasteiger partial charge on any atom is -0.388 e. The van der Waals surface area contributed by atoms with Crippen LogP contribution in [-0.2, 0) is 10.1 Å². The molecule has 0 saturated carbocycles. The van der Waals surface area contributed by atoms with Crippen molar-refractivity contribution in [1.82, 2.24) is 9.97 Å². The fourth-order valence-corrected chi connectivity index (χ4v) is 6.27. The maximum atomic E-state index is 12.7. The number of hydrogen-bond acceptors (Lipinski definition) is 6. The van der Waals surface area contributed by atoms with Crippen molar-refractivity contribution < 1.29 is 12.6 Å². The molecule has 0 aliphatic rings. The minimum atomic E-state index is -3.91. The zero-order chi connectivity index (χ0) is 24.7. The third-order valence-electron chi connectivity index (χ3n) is 6.09. The van der Waals surface area contributed by atoms with E-state index in [0.717, 1.165) is 61.2 Å². The number of anilines is 1. The van der Waals surface area contributed by atoms with Crippen LogP contribution in [0.15, 0.2) is 101 Å². The number of H-pyrrole nitrogens is 1. The Balaban J connectivity index is 1.59. The lowest BCUT2D eigenvalue weighted by molar-refractivity contribution is 0.488. The lowest BCUT2D eigenvalue weighted by Gasteiger charge is -2.13. The second kappa shape index (κ2) is 8.82. The van der Waals surface area contributed by atoms with E-state index >= 15 is 0 Å². The third kappa shape index (κ3) is 3.90. The van der Waals surface area contributed by atoms with E-state index in [1.807, 2.05) is 49.6 Å². The maximum Gasteiger partial charge on any atom is 0.348 e. The van der Waals surface area contributed by atoms with Crippen LogP contribution in [0.4, 0.5) is 5.69 Å². The molecule has 0 aliphatic heterocycles. The number of benzene rings is 3. The summed E-state index contributed by atoms with van der Waals surface area (Å²) in [6.07, 6.45) is 1.88. The summed E-state index contributed by atoms with van der Waals surface area (Å²) in [6, 6.07) is 26.8. The van der Waals surface area contributed by atoms with Crippen molar-refractivity contribution in [1.29, 1.82) is 0 Å². The molecule has 0 aliphatic carbocycles. The van der Waals surface area contributed by atoms with Gasteiger partial charge in [-0.2, -0.15) is 8.42 Å². The summed E-state index contributed by atoms with van der Waals surface area (Å²) in [7, 11) is -2.02. The molecular weight excluding hydrogens is 490 g/mol. The fraction of sp³-hybridized carbons (Fsp3) is 0.0357. The molecule has 0 bridgehead atoms. The first-order valence-electron chi connectivity index (χ1n) is 11.3. The van der Waals surface area contributed by atoms with Crippen molar-refractivity contribution in [3.05, 3.63) is 96.5 Å². The van der Waals surface area contributed by atoms with E-state index in [1.54, 1.807) is 23.6 Å². The van der Waals surface area contributed by atoms with Crippen LogP contribution in [0.5, 0.6) is 5.75 Å². The van der Waals surface area contributed by atoms with E-state index in [9.17, 15) is 8.42 Å². The van der Waals surface area contributed by atoms with Gasteiger partial charge < -0.3 is 14.5 Å². The van der Waals surface area contributed by atoms with Gasteiger partial charge >= 0.3 is 10.1 Å². The van der Waals surface area contributed by atoms with Gasteiger partial charge in [0.15, 0.2) is 4.21 Å². The zero-order valence-electron chi connectivity index (χ0n) is 19.2. The number of hydrogen-bond donors (Lipinski definition) is 2. The molecule has 2 N–H and O–H groups in total. The van der Waals surface area contributed by atoms with Crippen LogP contribution >= 0.6 is 11.3 Å². The predicted molar refractivity (Wildman–Crippen MR) is 146 cm³/mol. The molecule has 3 aromatic carbocycles. The Bertz CT molecular complexity index is 1790. The number of nitrogens with zero attached hydrogens (tertiary/aromatic N) is 1. The van der Waals surface area contributed by atoms with Crippen molar-refractivity contribution in [2.45, 2.75) is 4.21 Å². The summed E-state index contributed by atoms with van der Waals surface area (Å²) in [5.41, 5.74) is 6.66. The second-order valence-electron chi connectivity index (χ2n) is 8.27. The van der Waals surface area contributed by atoms with Gasteiger partial charge in [-0.1, -0.05) is 48.5 Å². The van der Waals surface area contributed by atoms with E-state index in [0.29, 0.717) is 0 Å². The van der Waals surface area contributed by atoms with Crippen molar-refractivity contribution in [2.75, 3.05) is 12.4 Å². The Labute approximate surface area is 212 Å². The van der Waals surface area contributed by atoms with Gasteiger partial charge in [0, 0.05) is 46.3 Å². The number of aromatic amines is 1. The fourth-order valence-electron chi connectivity index (χ4n) is 4.40. The monoisotopic (exact) mass is 511 g/mol. The molecule has 0 unspecified atom stereocenters. The smallest absolute Gasteiger partial charge is 0.348 e. The molecule has 8 heteroatoms. The SMILES string of the molecule is CNc1ccc(-c2cnc3[nH]c4ccc(OS(=O)(=O)c5cccs5)cc4c3c2-c2ccccc2)cc1. The number of aromatic nitrogens is 2. The number of nitrogens with one attached hydrogen (secondary N) is 2. The molecular formula is C28H21N3O3S2. The average Bonchev–Trinajstić information content (AvgIpc) is 3.58. The Hall–Kier alpha value is -4.14. The van der Waals surface area contributed by atoms with Crippen LogP contribution in [0.3, 0.4) is 0 Å². The standard InChI is InChI=1S/C28H21N3O3S2/c1-29-20-11-9-18(10-12-20)23-17-30-28-27(26(23)19-6-3-2-4-7-19)22-16-21(13-14-24(22)31-28)34-36(32,33)25-8-5-15-35-25/h2-17,29H,1H3,(H,30,31). The summed E-state index contributed by atoms with van der Waals surface area (Å²) in [5, 5.41) is 6.61. The summed E-state index contributed by atoms with van der Waals surface area (Å²) >= 11 is 1.13. The van der Waals surface area contributed by atoms with Crippen LogP contribution in [-0.4, -0.2) is 25.4 Å². The highest BCUT2D eigenvalue weighted by molar-refractivity contribution is 7.89. The Morgan fingerprint density at radius 2 is 1.72 bits per heavy atom. The van der Waals surface area contributed by atoms with E-state index in [-0.39, 0.29) is 9.96 Å². The quantitative estimate of drug-likeness (QED) is 0.237. The number of rotatable bonds is 6. The molecule has 6 nitrogen and oxygen atoms in total. The lowest BCUT2D eigenvalue weighted by Crippen LogP contribution is -2.07. The van der Waals surface area contributed by atoms with Gasteiger partial charge in [0.1, 0.15) is 11.4 Å². The molecule has 3 heterocycles. The van der Waals surface area contributed by atoms with Crippen molar-refractivity contribution in [2.24, 2.45) is 0 Å². The number of pyridine rings is 1. The summed E-state index contributed by atoms with van der Waals surface area (Å²) in [6.45, 7) is 0. The summed E-state index contributed by atoms with van der Waals surface area (Å²) in [5.74, 6) is 0.250. The number of fused-ring (bicyclic) bond motifs is 3. The van der Waals surface area contributed by atoms with Crippen LogP contribution in [0, 0.1) is 0 Å². The first kappa shape index (κ1) is 22.3. The molecule has 0 radical (unpaired) electrons. The molecule has 0 spiro atoms. The van der Waals surface area contributed by atoms with Crippen LogP contribution in [0.25, 0.3) is 44.2 Å². The van der Waals surface area contributed by atoms with Gasteiger partial charge in [0.05, 0.1) is 0 Å².